The predicted molar refractivity (Wildman–Crippen MR) is 67.1 cm³/mol. The third-order valence-electron chi connectivity index (χ3n) is 2.68. The molecule has 106 valence electrons. The highest BCUT2D eigenvalue weighted by molar-refractivity contribution is 5.74. The number of carbonyl (C=O) groups is 1. The normalized spacial score (nSPS) is 13.1. The van der Waals surface area contributed by atoms with Gasteiger partial charge in [-0.1, -0.05) is 11.2 Å². The van der Waals surface area contributed by atoms with Gasteiger partial charge in [-0.15, -0.1) is 6.58 Å². The van der Waals surface area contributed by atoms with Crippen molar-refractivity contribution in [2.45, 2.75) is 38.8 Å². The topological polar surface area (TPSA) is 65.2 Å². The molecule has 1 aromatic heterocycles. The molecule has 0 aliphatic carbocycles. The molecule has 5 nitrogen and oxygen atoms in total. The summed E-state index contributed by atoms with van der Waals surface area (Å²) in [5, 5.41) is 3.70. The largest absolute Gasteiger partial charge is 0.469 e. The summed E-state index contributed by atoms with van der Waals surface area (Å²) in [6, 6.07) is 0. The van der Waals surface area contributed by atoms with Gasteiger partial charge in [-0.05, 0) is 26.7 Å². The Kier molecular flexibility index (Phi) is 5.20. The molecule has 0 N–H and O–H groups in total. The Morgan fingerprint density at radius 3 is 2.79 bits per heavy atom. The highest BCUT2D eigenvalue weighted by atomic mass is 19.1. The minimum atomic E-state index is -1.64. The van der Waals surface area contributed by atoms with E-state index in [4.69, 9.17) is 4.52 Å². The maximum Gasteiger partial charge on any atom is 0.312 e. The van der Waals surface area contributed by atoms with Crippen molar-refractivity contribution in [3.8, 4) is 0 Å². The average Bonchev–Trinajstić information content (AvgIpc) is 2.82. The van der Waals surface area contributed by atoms with E-state index in [1.807, 2.05) is 0 Å². The molecule has 1 heterocycles. The Hall–Kier alpha value is -1.72. The summed E-state index contributed by atoms with van der Waals surface area (Å²) in [6.45, 7) is 6.30. The van der Waals surface area contributed by atoms with Crippen molar-refractivity contribution < 1.29 is 18.4 Å². The van der Waals surface area contributed by atoms with Crippen LogP contribution in [0.15, 0.2) is 17.2 Å². The Morgan fingerprint density at radius 1 is 1.63 bits per heavy atom. The van der Waals surface area contributed by atoms with E-state index in [1.54, 1.807) is 6.08 Å². The van der Waals surface area contributed by atoms with E-state index in [2.05, 4.69) is 21.5 Å². The molecule has 19 heavy (non-hydrogen) atoms. The van der Waals surface area contributed by atoms with Gasteiger partial charge < -0.3 is 9.26 Å². The monoisotopic (exact) mass is 270 g/mol. The average molecular weight is 270 g/mol. The van der Waals surface area contributed by atoms with Crippen LogP contribution in [0.25, 0.3) is 0 Å². The Balaban J connectivity index is 2.47. The summed E-state index contributed by atoms with van der Waals surface area (Å²) in [5.41, 5.74) is -1.64. The summed E-state index contributed by atoms with van der Waals surface area (Å²) >= 11 is 0. The van der Waals surface area contributed by atoms with Crippen molar-refractivity contribution in [3.05, 3.63) is 24.4 Å². The fourth-order valence-corrected chi connectivity index (χ4v) is 1.56. The molecular formula is C13H19FN2O3. The van der Waals surface area contributed by atoms with Crippen LogP contribution in [0.3, 0.4) is 0 Å². The second-order valence-corrected chi connectivity index (χ2v) is 4.75. The fraction of sp³-hybridized carbons (Fsp3) is 0.615. The van der Waals surface area contributed by atoms with Crippen LogP contribution in [-0.2, 0) is 21.6 Å². The van der Waals surface area contributed by atoms with Crippen LogP contribution < -0.4 is 0 Å². The number of rotatable bonds is 7. The molecule has 0 fully saturated rings. The first-order valence-electron chi connectivity index (χ1n) is 6.11. The fourth-order valence-electron chi connectivity index (χ4n) is 1.56. The molecule has 1 unspecified atom stereocenters. The zero-order valence-corrected chi connectivity index (χ0v) is 11.5. The summed E-state index contributed by atoms with van der Waals surface area (Å²) in [5.74, 6) is -0.244. The number of ether oxygens (including phenoxy) is 1. The zero-order valence-electron chi connectivity index (χ0n) is 11.5. The molecule has 6 heteroatoms. The standard InChI is InChI=1S/C13H19FN2O3/c1-5-9(11(17)18-4)7-6-8-10-15-12(19-16-10)13(2,3)14/h5,9H,1,6-8H2,2-4H3. The van der Waals surface area contributed by atoms with Gasteiger partial charge >= 0.3 is 5.97 Å². The summed E-state index contributed by atoms with van der Waals surface area (Å²) in [7, 11) is 1.34. The number of alkyl halides is 1. The third kappa shape index (κ3) is 4.46. The molecule has 0 aromatic carbocycles. The van der Waals surface area contributed by atoms with Gasteiger partial charge in [0.15, 0.2) is 11.5 Å². The molecule has 0 aliphatic rings. The van der Waals surface area contributed by atoms with Crippen LogP contribution in [0, 0.1) is 5.92 Å². The first kappa shape index (κ1) is 15.3. The van der Waals surface area contributed by atoms with Crippen molar-refractivity contribution in [2.24, 2.45) is 5.92 Å². The van der Waals surface area contributed by atoms with Crippen LogP contribution >= 0.6 is 0 Å². The molecule has 1 rings (SSSR count). The maximum atomic E-state index is 13.5. The third-order valence-corrected chi connectivity index (χ3v) is 2.68. The van der Waals surface area contributed by atoms with Crippen LogP contribution in [0.5, 0.6) is 0 Å². The quantitative estimate of drug-likeness (QED) is 0.562. The molecule has 0 aliphatic heterocycles. The minimum absolute atomic E-state index is 0.0317. The van der Waals surface area contributed by atoms with Crippen LogP contribution in [0.2, 0.25) is 0 Å². The summed E-state index contributed by atoms with van der Waals surface area (Å²) in [6.07, 6.45) is 3.32. The van der Waals surface area contributed by atoms with E-state index >= 15 is 0 Å². The second kappa shape index (κ2) is 6.45. The Morgan fingerprint density at radius 2 is 2.32 bits per heavy atom. The number of hydrogen-bond donors (Lipinski definition) is 0. The Labute approximate surface area is 111 Å². The van der Waals surface area contributed by atoms with E-state index in [0.29, 0.717) is 25.1 Å². The molecular weight excluding hydrogens is 251 g/mol. The predicted octanol–water partition coefficient (Wildman–Crippen LogP) is 2.57. The van der Waals surface area contributed by atoms with Gasteiger partial charge in [0, 0.05) is 6.42 Å². The number of hydrogen-bond acceptors (Lipinski definition) is 5. The van der Waals surface area contributed by atoms with E-state index < -0.39 is 5.67 Å². The van der Waals surface area contributed by atoms with Crippen molar-refractivity contribution >= 4 is 5.97 Å². The molecule has 1 atom stereocenters. The van der Waals surface area contributed by atoms with Gasteiger partial charge in [0.05, 0.1) is 13.0 Å². The number of carbonyl (C=O) groups excluding carboxylic acids is 1. The summed E-state index contributed by atoms with van der Waals surface area (Å²) in [4.78, 5) is 15.3. The SMILES string of the molecule is C=CC(CCCc1noc(C(C)(C)F)n1)C(=O)OC. The molecule has 0 saturated carbocycles. The lowest BCUT2D eigenvalue weighted by Gasteiger charge is -2.08. The zero-order chi connectivity index (χ0) is 14.5. The molecule has 0 radical (unpaired) electrons. The van der Waals surface area contributed by atoms with Crippen molar-refractivity contribution in [2.75, 3.05) is 7.11 Å². The van der Waals surface area contributed by atoms with Crippen LogP contribution in [0.4, 0.5) is 4.39 Å². The van der Waals surface area contributed by atoms with Crippen LogP contribution in [-0.4, -0.2) is 23.2 Å². The number of esters is 1. The van der Waals surface area contributed by atoms with E-state index in [-0.39, 0.29) is 17.8 Å². The number of aromatic nitrogens is 2. The second-order valence-electron chi connectivity index (χ2n) is 4.75. The van der Waals surface area contributed by atoms with E-state index in [1.165, 1.54) is 21.0 Å². The maximum absolute atomic E-state index is 13.5. The molecule has 1 aromatic rings. The first-order valence-corrected chi connectivity index (χ1v) is 6.11. The van der Waals surface area contributed by atoms with Gasteiger partial charge in [0.1, 0.15) is 0 Å². The van der Waals surface area contributed by atoms with Crippen LogP contribution in [0.1, 0.15) is 38.4 Å². The van der Waals surface area contributed by atoms with Gasteiger partial charge in [-0.3, -0.25) is 4.79 Å². The van der Waals surface area contributed by atoms with E-state index in [9.17, 15) is 9.18 Å². The molecule has 0 amide bonds. The Bertz CT molecular complexity index is 437. The smallest absolute Gasteiger partial charge is 0.312 e. The number of methoxy groups -OCH3 is 1. The highest BCUT2D eigenvalue weighted by Gasteiger charge is 2.26. The van der Waals surface area contributed by atoms with Crippen molar-refractivity contribution in [1.29, 1.82) is 0 Å². The van der Waals surface area contributed by atoms with Crippen molar-refractivity contribution in [3.63, 3.8) is 0 Å². The minimum Gasteiger partial charge on any atom is -0.469 e. The van der Waals surface area contributed by atoms with E-state index in [0.717, 1.165) is 0 Å². The lowest BCUT2D eigenvalue weighted by Crippen LogP contribution is -2.14. The van der Waals surface area contributed by atoms with Crippen molar-refractivity contribution in [1.82, 2.24) is 10.1 Å². The number of halogens is 1. The highest BCUT2D eigenvalue weighted by Crippen LogP contribution is 2.22. The molecule has 0 saturated heterocycles. The van der Waals surface area contributed by atoms with Gasteiger partial charge in [-0.2, -0.15) is 4.98 Å². The first-order chi connectivity index (χ1) is 8.88. The molecule has 0 bridgehead atoms. The van der Waals surface area contributed by atoms with Gasteiger partial charge in [-0.25, -0.2) is 4.39 Å². The van der Waals surface area contributed by atoms with Gasteiger partial charge in [0.2, 0.25) is 0 Å². The number of aryl methyl sites for hydroxylation is 1. The molecule has 0 spiro atoms. The van der Waals surface area contributed by atoms with Gasteiger partial charge in [0.25, 0.3) is 5.89 Å². The lowest BCUT2D eigenvalue weighted by molar-refractivity contribution is -0.143. The summed E-state index contributed by atoms with van der Waals surface area (Å²) < 4.78 is 23.0. The lowest BCUT2D eigenvalue weighted by atomic mass is 10.0. The number of nitrogens with zero attached hydrogens (tertiary/aromatic N) is 2.